The van der Waals surface area contributed by atoms with E-state index in [0.29, 0.717) is 12.3 Å². The van der Waals surface area contributed by atoms with Crippen LogP contribution < -0.4 is 10.5 Å². The summed E-state index contributed by atoms with van der Waals surface area (Å²) in [5.74, 6) is 0.748. The normalized spacial score (nSPS) is 19.8. The zero-order valence-corrected chi connectivity index (χ0v) is 11.0. The summed E-state index contributed by atoms with van der Waals surface area (Å²) in [6, 6.07) is 7.17. The van der Waals surface area contributed by atoms with Crippen molar-refractivity contribution in [3.63, 3.8) is 0 Å². The Kier molecular flexibility index (Phi) is 3.21. The van der Waals surface area contributed by atoms with Crippen LogP contribution in [0.1, 0.15) is 13.3 Å². The highest BCUT2D eigenvalue weighted by Crippen LogP contribution is 2.15. The first-order valence-electron chi connectivity index (χ1n) is 6.63. The van der Waals surface area contributed by atoms with Gasteiger partial charge < -0.3 is 9.64 Å². The zero-order chi connectivity index (χ0) is 13.2. The molecule has 100 valence electrons. The number of hydrogen-bond donors (Lipinski definition) is 0. The maximum Gasteiger partial charge on any atom is 0.259 e. The highest BCUT2D eigenvalue weighted by atomic mass is 16.5. The van der Waals surface area contributed by atoms with Gasteiger partial charge in [0.15, 0.2) is 0 Å². The summed E-state index contributed by atoms with van der Waals surface area (Å²) in [7, 11) is 0. The average Bonchev–Trinajstić information content (AvgIpc) is 2.47. The number of morpholine rings is 1. The van der Waals surface area contributed by atoms with Gasteiger partial charge in [0.05, 0.1) is 12.7 Å². The van der Waals surface area contributed by atoms with Gasteiger partial charge in [0.25, 0.3) is 5.56 Å². The number of rotatable bonds is 2. The molecule has 2 aromatic heterocycles. The summed E-state index contributed by atoms with van der Waals surface area (Å²) in [6.45, 7) is 4.38. The molecule has 1 atom stereocenters. The van der Waals surface area contributed by atoms with Crippen molar-refractivity contribution in [2.75, 3.05) is 24.6 Å². The molecule has 1 fully saturated rings. The highest BCUT2D eigenvalue weighted by molar-refractivity contribution is 5.48. The highest BCUT2D eigenvalue weighted by Gasteiger charge is 2.20. The van der Waals surface area contributed by atoms with Gasteiger partial charge in [-0.05, 0) is 18.6 Å². The van der Waals surface area contributed by atoms with Crippen LogP contribution in [-0.4, -0.2) is 35.2 Å². The number of hydrogen-bond acceptors (Lipinski definition) is 4. The van der Waals surface area contributed by atoms with E-state index >= 15 is 0 Å². The number of anilines is 1. The summed E-state index contributed by atoms with van der Waals surface area (Å²) in [5.41, 5.74) is 0.643. The number of aromatic nitrogens is 2. The van der Waals surface area contributed by atoms with Gasteiger partial charge in [0.1, 0.15) is 11.5 Å². The summed E-state index contributed by atoms with van der Waals surface area (Å²) >= 11 is 0. The van der Waals surface area contributed by atoms with Crippen LogP contribution in [0.3, 0.4) is 0 Å². The van der Waals surface area contributed by atoms with Crippen LogP contribution in [0.2, 0.25) is 0 Å². The van der Waals surface area contributed by atoms with Gasteiger partial charge in [0, 0.05) is 25.4 Å². The van der Waals surface area contributed by atoms with Gasteiger partial charge >= 0.3 is 0 Å². The minimum absolute atomic E-state index is 0.0415. The van der Waals surface area contributed by atoms with Crippen molar-refractivity contribution in [1.29, 1.82) is 0 Å². The standard InChI is InChI=1S/C14H17N3O2/c1-2-11-10-16(7-8-19-11)13-9-14(18)17-6-4-3-5-12(17)15-13/h3-6,9,11H,2,7-8,10H2,1H3/t11-/m0/s1. The number of nitrogens with zero attached hydrogens (tertiary/aromatic N) is 3. The molecule has 19 heavy (non-hydrogen) atoms. The molecule has 1 aliphatic heterocycles. The molecule has 0 saturated carbocycles. The maximum absolute atomic E-state index is 12.1. The van der Waals surface area contributed by atoms with E-state index in [-0.39, 0.29) is 11.7 Å². The lowest BCUT2D eigenvalue weighted by Gasteiger charge is -2.33. The molecule has 0 bridgehead atoms. The van der Waals surface area contributed by atoms with Gasteiger partial charge in [-0.25, -0.2) is 4.98 Å². The molecule has 0 aromatic carbocycles. The summed E-state index contributed by atoms with van der Waals surface area (Å²) in [6.07, 6.45) is 2.94. The first kappa shape index (κ1) is 12.2. The third-order valence-electron chi connectivity index (χ3n) is 3.48. The van der Waals surface area contributed by atoms with Crippen molar-refractivity contribution < 1.29 is 4.74 Å². The smallest absolute Gasteiger partial charge is 0.259 e. The van der Waals surface area contributed by atoms with Crippen molar-refractivity contribution in [2.45, 2.75) is 19.4 Å². The molecule has 0 N–H and O–H groups in total. The second-order valence-corrected chi connectivity index (χ2v) is 4.73. The molecule has 0 radical (unpaired) electrons. The second kappa shape index (κ2) is 5.01. The Morgan fingerprint density at radius 1 is 1.47 bits per heavy atom. The number of ether oxygens (including phenoxy) is 1. The molecule has 5 heteroatoms. The second-order valence-electron chi connectivity index (χ2n) is 4.73. The van der Waals surface area contributed by atoms with Crippen LogP contribution >= 0.6 is 0 Å². The zero-order valence-electron chi connectivity index (χ0n) is 11.0. The molecule has 2 aromatic rings. The van der Waals surface area contributed by atoms with Gasteiger partial charge in [-0.3, -0.25) is 9.20 Å². The lowest BCUT2D eigenvalue weighted by atomic mass is 10.2. The molecule has 1 aliphatic rings. The van der Waals surface area contributed by atoms with Gasteiger partial charge in [-0.2, -0.15) is 0 Å². The lowest BCUT2D eigenvalue weighted by molar-refractivity contribution is 0.0382. The van der Waals surface area contributed by atoms with Crippen LogP contribution in [0, 0.1) is 0 Å². The van der Waals surface area contributed by atoms with Crippen LogP contribution in [0.5, 0.6) is 0 Å². The third-order valence-corrected chi connectivity index (χ3v) is 3.48. The summed E-state index contributed by atoms with van der Waals surface area (Å²) in [5, 5.41) is 0. The van der Waals surface area contributed by atoms with Crippen LogP contribution in [0.25, 0.3) is 5.65 Å². The van der Waals surface area contributed by atoms with Crippen LogP contribution in [0.15, 0.2) is 35.3 Å². The Morgan fingerprint density at radius 2 is 2.37 bits per heavy atom. The fourth-order valence-corrected chi connectivity index (χ4v) is 2.38. The maximum atomic E-state index is 12.1. The molecule has 0 amide bonds. The fourth-order valence-electron chi connectivity index (χ4n) is 2.38. The average molecular weight is 259 g/mol. The number of fused-ring (bicyclic) bond motifs is 1. The van der Waals surface area contributed by atoms with Crippen LogP contribution in [0.4, 0.5) is 5.82 Å². The molecule has 0 unspecified atom stereocenters. The minimum atomic E-state index is -0.0415. The SMILES string of the molecule is CC[C@H]1CN(c2cc(=O)n3ccccc3n2)CCO1. The fraction of sp³-hybridized carbons (Fsp3) is 0.429. The molecule has 3 heterocycles. The molecule has 0 aliphatic carbocycles. The van der Waals surface area contributed by atoms with Crippen molar-refractivity contribution in [1.82, 2.24) is 9.38 Å². The van der Waals surface area contributed by atoms with Crippen molar-refractivity contribution in [2.24, 2.45) is 0 Å². The Hall–Kier alpha value is -1.88. The first-order valence-corrected chi connectivity index (χ1v) is 6.63. The molecular weight excluding hydrogens is 242 g/mol. The van der Waals surface area contributed by atoms with Gasteiger partial charge in [-0.15, -0.1) is 0 Å². The molecule has 5 nitrogen and oxygen atoms in total. The Morgan fingerprint density at radius 3 is 3.21 bits per heavy atom. The van der Waals surface area contributed by atoms with Gasteiger partial charge in [0.2, 0.25) is 0 Å². The molecule has 0 spiro atoms. The van der Waals surface area contributed by atoms with Crippen LogP contribution in [-0.2, 0) is 4.74 Å². The summed E-state index contributed by atoms with van der Waals surface area (Å²) < 4.78 is 7.20. The monoisotopic (exact) mass is 259 g/mol. The Labute approximate surface area is 111 Å². The van der Waals surface area contributed by atoms with Gasteiger partial charge in [-0.1, -0.05) is 13.0 Å². The lowest BCUT2D eigenvalue weighted by Crippen LogP contribution is -2.43. The van der Waals surface area contributed by atoms with E-state index in [9.17, 15) is 4.79 Å². The van der Waals surface area contributed by atoms with E-state index < -0.39 is 0 Å². The van der Waals surface area contributed by atoms with Crippen molar-refractivity contribution in [3.8, 4) is 0 Å². The predicted molar refractivity (Wildman–Crippen MR) is 73.7 cm³/mol. The largest absolute Gasteiger partial charge is 0.375 e. The molecule has 3 rings (SSSR count). The summed E-state index contributed by atoms with van der Waals surface area (Å²) in [4.78, 5) is 18.8. The Bertz CT molecular complexity index is 638. The third kappa shape index (κ3) is 2.33. The topological polar surface area (TPSA) is 46.8 Å². The van der Waals surface area contributed by atoms with E-state index in [0.717, 1.165) is 25.3 Å². The van der Waals surface area contributed by atoms with E-state index in [4.69, 9.17) is 4.74 Å². The Balaban J connectivity index is 1.99. The van der Waals surface area contributed by atoms with Crippen molar-refractivity contribution in [3.05, 3.63) is 40.8 Å². The quantitative estimate of drug-likeness (QED) is 0.816. The van der Waals surface area contributed by atoms with E-state index in [2.05, 4.69) is 16.8 Å². The molecule has 1 saturated heterocycles. The number of pyridine rings is 1. The van der Waals surface area contributed by atoms with E-state index in [1.54, 1.807) is 16.7 Å². The molecular formula is C14H17N3O2. The minimum Gasteiger partial charge on any atom is -0.375 e. The predicted octanol–water partition coefficient (Wildman–Crippen LogP) is 1.31. The van der Waals surface area contributed by atoms with E-state index in [1.807, 2.05) is 18.2 Å². The van der Waals surface area contributed by atoms with E-state index in [1.165, 1.54) is 0 Å². The van der Waals surface area contributed by atoms with Crippen molar-refractivity contribution >= 4 is 11.5 Å². The first-order chi connectivity index (χ1) is 9.28.